The van der Waals surface area contributed by atoms with Crippen molar-refractivity contribution in [3.05, 3.63) is 52.8 Å². The van der Waals surface area contributed by atoms with Crippen LogP contribution in [0, 0.1) is 0 Å². The molecule has 0 bridgehead atoms. The van der Waals surface area contributed by atoms with Gasteiger partial charge in [-0.15, -0.1) is 0 Å². The van der Waals surface area contributed by atoms with Crippen LogP contribution in [0.2, 0.25) is 5.02 Å². The molecule has 1 aromatic heterocycles. The molecular weight excluding hydrogens is 420 g/mol. The largest absolute Gasteiger partial charge is 0.460 e. The molecule has 1 saturated carbocycles. The zero-order valence-electron chi connectivity index (χ0n) is 16.9. The third-order valence-electron chi connectivity index (χ3n) is 5.57. The number of rotatable bonds is 7. The Labute approximate surface area is 185 Å². The Morgan fingerprint density at radius 2 is 1.68 bits per heavy atom. The molecular formula is C22H23ClN4O4. The molecule has 2 heterocycles. The average molecular weight is 443 g/mol. The molecule has 9 heteroatoms. The summed E-state index contributed by atoms with van der Waals surface area (Å²) in [5, 5.41) is 3.50. The van der Waals surface area contributed by atoms with E-state index < -0.39 is 0 Å². The Bertz CT molecular complexity index is 939. The van der Waals surface area contributed by atoms with E-state index in [1.165, 1.54) is 17.3 Å². The number of nitrogens with zero attached hydrogens (tertiary/aromatic N) is 3. The van der Waals surface area contributed by atoms with Gasteiger partial charge in [-0.3, -0.25) is 19.3 Å². The van der Waals surface area contributed by atoms with Gasteiger partial charge < -0.3 is 10.1 Å². The van der Waals surface area contributed by atoms with Crippen molar-refractivity contribution in [2.75, 3.05) is 6.54 Å². The number of amides is 3. The van der Waals surface area contributed by atoms with Crippen LogP contribution in [-0.2, 0) is 4.79 Å². The van der Waals surface area contributed by atoms with Gasteiger partial charge in [0.15, 0.2) is 0 Å². The van der Waals surface area contributed by atoms with Crippen molar-refractivity contribution < 1.29 is 19.1 Å². The third-order valence-corrected chi connectivity index (χ3v) is 5.77. The molecule has 1 fully saturated rings. The lowest BCUT2D eigenvalue weighted by Gasteiger charge is -2.28. The van der Waals surface area contributed by atoms with Crippen molar-refractivity contribution in [3.8, 4) is 6.01 Å². The van der Waals surface area contributed by atoms with Crippen LogP contribution in [0.25, 0.3) is 0 Å². The number of hydrogen-bond acceptors (Lipinski definition) is 6. The number of benzene rings is 1. The van der Waals surface area contributed by atoms with Gasteiger partial charge in [-0.2, -0.15) is 0 Å². The first-order valence-corrected chi connectivity index (χ1v) is 10.8. The molecule has 2 aliphatic rings. The van der Waals surface area contributed by atoms with Crippen molar-refractivity contribution >= 4 is 29.3 Å². The summed E-state index contributed by atoms with van der Waals surface area (Å²) >= 11 is 5.77. The number of halogens is 1. The van der Waals surface area contributed by atoms with Crippen LogP contribution in [0.15, 0.2) is 36.7 Å². The molecule has 3 amide bonds. The van der Waals surface area contributed by atoms with Crippen LogP contribution < -0.4 is 10.1 Å². The molecule has 1 aromatic carbocycles. The van der Waals surface area contributed by atoms with Gasteiger partial charge >= 0.3 is 6.01 Å². The molecule has 162 valence electrons. The van der Waals surface area contributed by atoms with Gasteiger partial charge in [0.05, 0.1) is 28.5 Å². The number of imide groups is 1. The molecule has 31 heavy (non-hydrogen) atoms. The quantitative estimate of drug-likeness (QED) is 0.661. The molecule has 0 saturated heterocycles. The fourth-order valence-corrected chi connectivity index (χ4v) is 4.07. The Morgan fingerprint density at radius 3 is 2.29 bits per heavy atom. The van der Waals surface area contributed by atoms with E-state index >= 15 is 0 Å². The molecule has 4 rings (SSSR count). The fraction of sp³-hybridized carbons (Fsp3) is 0.409. The lowest BCUT2D eigenvalue weighted by atomic mass is 9.93. The first kappa shape index (κ1) is 21.2. The summed E-state index contributed by atoms with van der Waals surface area (Å²) in [6, 6.07) is 7.19. The van der Waals surface area contributed by atoms with E-state index in [0.29, 0.717) is 28.6 Å². The van der Waals surface area contributed by atoms with Gasteiger partial charge in [-0.1, -0.05) is 23.7 Å². The predicted octanol–water partition coefficient (Wildman–Crippen LogP) is 3.01. The smallest absolute Gasteiger partial charge is 0.316 e. The van der Waals surface area contributed by atoms with E-state index in [1.807, 2.05) is 0 Å². The summed E-state index contributed by atoms with van der Waals surface area (Å²) in [4.78, 5) is 46.3. The number of carbonyl (C=O) groups excluding carboxylic acids is 3. The highest BCUT2D eigenvalue weighted by atomic mass is 35.5. The fourth-order valence-electron chi connectivity index (χ4n) is 3.98. The summed E-state index contributed by atoms with van der Waals surface area (Å²) in [7, 11) is 0. The highest BCUT2D eigenvalue weighted by Gasteiger charge is 2.34. The SMILES string of the molecule is O=C(CCCN1C(=O)c2ccccc2C1=O)NC1CCC(Oc2ncc(Cl)cn2)CC1. The predicted molar refractivity (Wildman–Crippen MR) is 113 cm³/mol. The van der Waals surface area contributed by atoms with Gasteiger partial charge in [0.1, 0.15) is 6.10 Å². The molecule has 0 spiro atoms. The second-order valence-electron chi connectivity index (χ2n) is 7.75. The summed E-state index contributed by atoms with van der Waals surface area (Å²) in [6.07, 6.45) is 6.92. The van der Waals surface area contributed by atoms with E-state index in [0.717, 1.165) is 25.7 Å². The van der Waals surface area contributed by atoms with Crippen molar-refractivity contribution in [1.82, 2.24) is 20.2 Å². The van der Waals surface area contributed by atoms with E-state index in [4.69, 9.17) is 16.3 Å². The maximum absolute atomic E-state index is 12.4. The number of aromatic nitrogens is 2. The third kappa shape index (κ3) is 5.02. The zero-order valence-corrected chi connectivity index (χ0v) is 17.7. The summed E-state index contributed by atoms with van der Waals surface area (Å²) in [5.74, 6) is -0.644. The maximum Gasteiger partial charge on any atom is 0.316 e. The molecule has 1 aliphatic carbocycles. The van der Waals surface area contributed by atoms with Gasteiger partial charge in [-0.25, -0.2) is 9.97 Å². The monoisotopic (exact) mass is 442 g/mol. The molecule has 0 atom stereocenters. The lowest BCUT2D eigenvalue weighted by Crippen LogP contribution is -2.40. The molecule has 1 N–H and O–H groups in total. The lowest BCUT2D eigenvalue weighted by molar-refractivity contribution is -0.122. The van der Waals surface area contributed by atoms with E-state index in [-0.39, 0.29) is 42.8 Å². The standard InChI is InChI=1S/C22H23ClN4O4/c23-14-12-24-22(25-13-14)31-16-9-7-15(8-10-16)26-19(28)6-3-11-27-20(29)17-4-1-2-5-18(17)21(27)30/h1-2,4-5,12-13,15-16H,3,6-11H2,(H,26,28). The topological polar surface area (TPSA) is 101 Å². The van der Waals surface area contributed by atoms with E-state index in [9.17, 15) is 14.4 Å². The van der Waals surface area contributed by atoms with Crippen LogP contribution in [0.3, 0.4) is 0 Å². The van der Waals surface area contributed by atoms with Crippen molar-refractivity contribution in [2.45, 2.75) is 50.7 Å². The van der Waals surface area contributed by atoms with Gasteiger partial charge in [0.25, 0.3) is 11.8 Å². The van der Waals surface area contributed by atoms with Crippen molar-refractivity contribution in [3.63, 3.8) is 0 Å². The average Bonchev–Trinajstić information content (AvgIpc) is 3.02. The van der Waals surface area contributed by atoms with Gasteiger partial charge in [-0.05, 0) is 44.2 Å². The molecule has 0 radical (unpaired) electrons. The Morgan fingerprint density at radius 1 is 1.06 bits per heavy atom. The first-order chi connectivity index (χ1) is 15.0. The van der Waals surface area contributed by atoms with E-state index in [2.05, 4.69) is 15.3 Å². The van der Waals surface area contributed by atoms with Crippen LogP contribution >= 0.6 is 11.6 Å². The van der Waals surface area contributed by atoms with Crippen LogP contribution in [0.5, 0.6) is 6.01 Å². The van der Waals surface area contributed by atoms with Crippen LogP contribution in [0.4, 0.5) is 0 Å². The Hall–Kier alpha value is -3.00. The van der Waals surface area contributed by atoms with Crippen LogP contribution in [-0.4, -0.2) is 51.3 Å². The maximum atomic E-state index is 12.4. The number of carbonyl (C=O) groups is 3. The Balaban J connectivity index is 1.16. The highest BCUT2D eigenvalue weighted by Crippen LogP contribution is 2.24. The minimum Gasteiger partial charge on any atom is -0.460 e. The van der Waals surface area contributed by atoms with Crippen LogP contribution in [0.1, 0.15) is 59.2 Å². The Kier molecular flexibility index (Phi) is 6.46. The first-order valence-electron chi connectivity index (χ1n) is 10.4. The second kappa shape index (κ2) is 9.43. The zero-order chi connectivity index (χ0) is 21.8. The normalized spacial score (nSPS) is 20.5. The van der Waals surface area contributed by atoms with Crippen molar-refractivity contribution in [1.29, 1.82) is 0 Å². The van der Waals surface area contributed by atoms with Crippen molar-refractivity contribution in [2.24, 2.45) is 0 Å². The second-order valence-corrected chi connectivity index (χ2v) is 8.19. The summed E-state index contributed by atoms with van der Waals surface area (Å²) in [5.41, 5.74) is 0.861. The van der Waals surface area contributed by atoms with E-state index in [1.54, 1.807) is 24.3 Å². The molecule has 1 aliphatic heterocycles. The minimum absolute atomic E-state index is 0.0168. The summed E-state index contributed by atoms with van der Waals surface area (Å²) < 4.78 is 5.77. The number of fused-ring (bicyclic) bond motifs is 1. The number of ether oxygens (including phenoxy) is 1. The molecule has 2 aromatic rings. The highest BCUT2D eigenvalue weighted by molar-refractivity contribution is 6.30. The minimum atomic E-state index is -0.288. The summed E-state index contributed by atoms with van der Waals surface area (Å²) in [6.45, 7) is 0.238. The van der Waals surface area contributed by atoms with Gasteiger partial charge in [0, 0.05) is 19.0 Å². The number of nitrogens with one attached hydrogen (secondary N) is 1. The number of hydrogen-bond donors (Lipinski definition) is 1. The molecule has 8 nitrogen and oxygen atoms in total. The van der Waals surface area contributed by atoms with Gasteiger partial charge in [0.2, 0.25) is 5.91 Å². The molecule has 0 unspecified atom stereocenters.